The Kier molecular flexibility index (Phi) is 7.27. The van der Waals surface area contributed by atoms with E-state index in [-0.39, 0.29) is 11.7 Å². The summed E-state index contributed by atoms with van der Waals surface area (Å²) in [6, 6.07) is 27.3. The first kappa shape index (κ1) is 27.0. The zero-order valence-electron chi connectivity index (χ0n) is 23.7. The molecule has 0 aliphatic heterocycles. The monoisotopic (exact) mass is 558 g/mol. The molecule has 6 rings (SSSR count). The van der Waals surface area contributed by atoms with Gasteiger partial charge in [0.05, 0.1) is 11.1 Å². The summed E-state index contributed by atoms with van der Waals surface area (Å²) in [7, 11) is 3.50. The van der Waals surface area contributed by atoms with E-state index in [1.165, 1.54) is 6.07 Å². The van der Waals surface area contributed by atoms with Crippen LogP contribution < -0.4 is 10.2 Å². The number of aromatic amines is 1. The van der Waals surface area contributed by atoms with E-state index in [4.69, 9.17) is 4.98 Å². The van der Waals surface area contributed by atoms with Crippen LogP contribution in [0.25, 0.3) is 33.5 Å². The summed E-state index contributed by atoms with van der Waals surface area (Å²) in [5.41, 5.74) is 5.96. The molecule has 2 N–H and O–H groups in total. The van der Waals surface area contributed by atoms with Gasteiger partial charge in [-0.25, -0.2) is 14.4 Å². The minimum atomic E-state index is -0.388. The SMILES string of the molecule is CNC(=O)c1cnc(N(Cc2ccccc2)Cc2ccccc2)c2[nH]c(-c3ccc(-c4ncc(C)n4C)cc3F)cc12. The lowest BCUT2D eigenvalue weighted by molar-refractivity contribution is 0.0964. The molecule has 6 aromatic rings. The van der Waals surface area contributed by atoms with Crippen LogP contribution in [0.3, 0.4) is 0 Å². The van der Waals surface area contributed by atoms with Gasteiger partial charge in [0.1, 0.15) is 11.6 Å². The van der Waals surface area contributed by atoms with Gasteiger partial charge >= 0.3 is 0 Å². The number of aromatic nitrogens is 4. The van der Waals surface area contributed by atoms with Gasteiger partial charge in [0.15, 0.2) is 5.82 Å². The number of carbonyl (C=O) groups excluding carboxylic acids is 1. The van der Waals surface area contributed by atoms with Crippen LogP contribution in [-0.4, -0.2) is 32.5 Å². The molecular formula is C34H31FN6O. The standard InChI is InChI=1S/C34H31FN6O/c1-22-18-37-32(40(22)3)25-14-15-26(29(35)16-25)30-17-27-28(34(42)36-2)19-38-33(31(27)39-30)41(20-23-10-6-4-7-11-23)21-24-12-8-5-9-13-24/h4-19,39H,20-21H2,1-3H3,(H,36,42). The molecule has 0 aliphatic rings. The smallest absolute Gasteiger partial charge is 0.253 e. The van der Waals surface area contributed by atoms with Crippen molar-refractivity contribution in [2.24, 2.45) is 7.05 Å². The minimum Gasteiger partial charge on any atom is -0.355 e. The lowest BCUT2D eigenvalue weighted by Crippen LogP contribution is -2.24. The highest BCUT2D eigenvalue weighted by Crippen LogP contribution is 2.35. The van der Waals surface area contributed by atoms with Crippen molar-refractivity contribution >= 4 is 22.6 Å². The quantitative estimate of drug-likeness (QED) is 0.219. The van der Waals surface area contributed by atoms with Crippen LogP contribution in [0, 0.1) is 12.7 Å². The van der Waals surface area contributed by atoms with Gasteiger partial charge < -0.3 is 19.8 Å². The second-order valence-electron chi connectivity index (χ2n) is 10.4. The van der Waals surface area contributed by atoms with Crippen molar-refractivity contribution in [2.75, 3.05) is 11.9 Å². The Balaban J connectivity index is 1.48. The Labute approximate surface area is 243 Å². The molecule has 0 aliphatic carbocycles. The fourth-order valence-electron chi connectivity index (χ4n) is 5.25. The number of H-pyrrole nitrogens is 1. The first-order valence-electron chi connectivity index (χ1n) is 13.8. The van der Waals surface area contributed by atoms with Crippen molar-refractivity contribution in [3.05, 3.63) is 126 Å². The lowest BCUT2D eigenvalue weighted by atomic mass is 10.1. The van der Waals surface area contributed by atoms with Gasteiger partial charge in [-0.3, -0.25) is 4.79 Å². The number of pyridine rings is 1. The fourth-order valence-corrected chi connectivity index (χ4v) is 5.25. The van der Waals surface area contributed by atoms with Gasteiger partial charge in [0.2, 0.25) is 0 Å². The van der Waals surface area contributed by atoms with Crippen LogP contribution in [0.1, 0.15) is 27.2 Å². The number of rotatable bonds is 8. The molecule has 0 unspecified atom stereocenters. The Bertz CT molecular complexity index is 1840. The highest BCUT2D eigenvalue weighted by atomic mass is 19.1. The van der Waals surface area contributed by atoms with Crippen molar-refractivity contribution in [3.63, 3.8) is 0 Å². The number of aryl methyl sites for hydroxylation is 1. The van der Waals surface area contributed by atoms with E-state index >= 15 is 4.39 Å². The summed E-state index contributed by atoms with van der Waals surface area (Å²) in [6.45, 7) is 3.15. The van der Waals surface area contributed by atoms with E-state index in [9.17, 15) is 4.79 Å². The maximum atomic E-state index is 15.7. The van der Waals surface area contributed by atoms with Gasteiger partial charge in [-0.05, 0) is 36.2 Å². The van der Waals surface area contributed by atoms with E-state index in [0.29, 0.717) is 58.0 Å². The Morgan fingerprint density at radius 1 is 0.929 bits per heavy atom. The summed E-state index contributed by atoms with van der Waals surface area (Å²) in [6.07, 6.45) is 3.37. The molecule has 0 spiro atoms. The molecule has 0 fully saturated rings. The van der Waals surface area contributed by atoms with Crippen LogP contribution >= 0.6 is 0 Å². The summed E-state index contributed by atoms with van der Waals surface area (Å²) < 4.78 is 17.6. The normalized spacial score (nSPS) is 11.1. The number of fused-ring (bicyclic) bond motifs is 1. The molecule has 8 heteroatoms. The number of benzene rings is 3. The first-order chi connectivity index (χ1) is 20.4. The lowest BCUT2D eigenvalue weighted by Gasteiger charge is -2.25. The molecule has 0 bridgehead atoms. The summed E-state index contributed by atoms with van der Waals surface area (Å²) in [5.74, 6) is 0.724. The van der Waals surface area contributed by atoms with Crippen molar-refractivity contribution in [1.29, 1.82) is 0 Å². The number of hydrogen-bond acceptors (Lipinski definition) is 4. The molecule has 0 atom stereocenters. The van der Waals surface area contributed by atoms with Crippen LogP contribution in [0.15, 0.2) is 97.3 Å². The molecule has 210 valence electrons. The largest absolute Gasteiger partial charge is 0.355 e. The first-order valence-corrected chi connectivity index (χ1v) is 13.8. The third-order valence-electron chi connectivity index (χ3n) is 7.59. The van der Waals surface area contributed by atoms with Gasteiger partial charge in [0, 0.05) is 67.5 Å². The Morgan fingerprint density at radius 2 is 1.60 bits per heavy atom. The number of hydrogen-bond donors (Lipinski definition) is 2. The molecule has 3 heterocycles. The number of halogens is 1. The molecule has 42 heavy (non-hydrogen) atoms. The fraction of sp³-hybridized carbons (Fsp3) is 0.147. The number of imidazole rings is 1. The number of nitrogens with zero attached hydrogens (tertiary/aromatic N) is 4. The third kappa shape index (κ3) is 5.14. The molecular weight excluding hydrogens is 527 g/mol. The summed E-state index contributed by atoms with van der Waals surface area (Å²) in [4.78, 5) is 27.7. The number of nitrogens with one attached hydrogen (secondary N) is 2. The van der Waals surface area contributed by atoms with E-state index in [1.807, 2.05) is 67.1 Å². The second-order valence-corrected chi connectivity index (χ2v) is 10.4. The van der Waals surface area contributed by atoms with Crippen LogP contribution in [0.4, 0.5) is 10.2 Å². The predicted molar refractivity (Wildman–Crippen MR) is 165 cm³/mol. The Morgan fingerprint density at radius 3 is 2.17 bits per heavy atom. The topological polar surface area (TPSA) is 78.8 Å². The van der Waals surface area contributed by atoms with E-state index in [2.05, 4.69) is 44.5 Å². The number of carbonyl (C=O) groups is 1. The third-order valence-corrected chi connectivity index (χ3v) is 7.59. The summed E-state index contributed by atoms with van der Waals surface area (Å²) in [5, 5.41) is 3.38. The Hall–Kier alpha value is -5.24. The molecule has 3 aromatic heterocycles. The van der Waals surface area contributed by atoms with E-state index in [1.54, 1.807) is 25.5 Å². The van der Waals surface area contributed by atoms with Crippen molar-refractivity contribution in [1.82, 2.24) is 24.8 Å². The van der Waals surface area contributed by atoms with Gasteiger partial charge in [-0.1, -0.05) is 66.7 Å². The molecule has 0 saturated carbocycles. The van der Waals surface area contributed by atoms with Gasteiger partial charge in [-0.15, -0.1) is 0 Å². The van der Waals surface area contributed by atoms with E-state index < -0.39 is 0 Å². The van der Waals surface area contributed by atoms with Gasteiger partial charge in [-0.2, -0.15) is 0 Å². The maximum Gasteiger partial charge on any atom is 0.253 e. The van der Waals surface area contributed by atoms with Crippen LogP contribution in [0.5, 0.6) is 0 Å². The minimum absolute atomic E-state index is 0.261. The molecule has 7 nitrogen and oxygen atoms in total. The zero-order valence-corrected chi connectivity index (χ0v) is 23.7. The van der Waals surface area contributed by atoms with Crippen molar-refractivity contribution < 1.29 is 9.18 Å². The zero-order chi connectivity index (χ0) is 29.2. The molecule has 3 aromatic carbocycles. The number of anilines is 1. The highest BCUT2D eigenvalue weighted by Gasteiger charge is 2.22. The maximum absolute atomic E-state index is 15.7. The van der Waals surface area contributed by atoms with Crippen molar-refractivity contribution in [3.8, 4) is 22.6 Å². The molecule has 1 amide bonds. The highest BCUT2D eigenvalue weighted by molar-refractivity contribution is 6.09. The second kappa shape index (κ2) is 11.3. The number of amides is 1. The average Bonchev–Trinajstić information content (AvgIpc) is 3.60. The van der Waals surface area contributed by atoms with Crippen molar-refractivity contribution in [2.45, 2.75) is 20.0 Å². The average molecular weight is 559 g/mol. The van der Waals surface area contributed by atoms with Crippen LogP contribution in [0.2, 0.25) is 0 Å². The summed E-state index contributed by atoms with van der Waals surface area (Å²) >= 11 is 0. The van der Waals surface area contributed by atoms with E-state index in [0.717, 1.165) is 16.8 Å². The van der Waals surface area contributed by atoms with Gasteiger partial charge in [0.25, 0.3) is 5.91 Å². The van der Waals surface area contributed by atoms with Crippen LogP contribution in [-0.2, 0) is 20.1 Å². The molecule has 0 radical (unpaired) electrons. The predicted octanol–water partition coefficient (Wildman–Crippen LogP) is 6.64. The molecule has 0 saturated heterocycles.